The van der Waals surface area contributed by atoms with Crippen molar-refractivity contribution >= 4 is 41.2 Å². The van der Waals surface area contributed by atoms with Gasteiger partial charge in [-0.15, -0.1) is 0 Å². The smallest absolute Gasteiger partial charge is 0.335 e. The second-order valence-corrected chi connectivity index (χ2v) is 7.69. The van der Waals surface area contributed by atoms with Gasteiger partial charge >= 0.3 is 6.03 Å². The summed E-state index contributed by atoms with van der Waals surface area (Å²) < 4.78 is 10.8. The monoisotopic (exact) mass is 478 g/mol. The predicted molar refractivity (Wildman–Crippen MR) is 126 cm³/mol. The molecule has 0 saturated carbocycles. The van der Waals surface area contributed by atoms with Gasteiger partial charge in [0.25, 0.3) is 11.8 Å². The zero-order chi connectivity index (χ0) is 24.2. The first-order chi connectivity index (χ1) is 16.4. The standard InChI is InChI=1S/C25H19ClN2O6/c1-33-21-13-16(12-20(26)22(21)29)11-19-23(30)27-25(32)28(24(19)31)17-7-9-18(10-8-17)34-14-15-5-3-2-4-6-15/h2-13,29H,14H2,1H3,(H,27,30,32)/b19-11+. The van der Waals surface area contributed by atoms with Crippen LogP contribution in [0.5, 0.6) is 17.2 Å². The highest BCUT2D eigenvalue weighted by Crippen LogP contribution is 2.36. The fourth-order valence-corrected chi connectivity index (χ4v) is 3.54. The molecule has 0 unspecified atom stereocenters. The number of urea groups is 1. The minimum absolute atomic E-state index is 0.0195. The number of phenolic OH excluding ortho intramolecular Hbond substituents is 1. The Morgan fingerprint density at radius 1 is 1.03 bits per heavy atom. The molecule has 1 fully saturated rings. The van der Waals surface area contributed by atoms with Crippen LogP contribution in [0, 0.1) is 0 Å². The third-order valence-electron chi connectivity index (χ3n) is 5.03. The summed E-state index contributed by atoms with van der Waals surface area (Å²) in [5, 5.41) is 12.0. The van der Waals surface area contributed by atoms with Crippen LogP contribution in [-0.2, 0) is 16.2 Å². The van der Waals surface area contributed by atoms with Crippen LogP contribution in [0.25, 0.3) is 6.08 Å². The van der Waals surface area contributed by atoms with E-state index < -0.39 is 17.8 Å². The molecule has 0 spiro atoms. The molecule has 0 radical (unpaired) electrons. The highest BCUT2D eigenvalue weighted by atomic mass is 35.5. The van der Waals surface area contributed by atoms with Crippen LogP contribution in [0.1, 0.15) is 11.1 Å². The number of nitrogens with one attached hydrogen (secondary N) is 1. The summed E-state index contributed by atoms with van der Waals surface area (Å²) >= 11 is 5.99. The van der Waals surface area contributed by atoms with Crippen molar-refractivity contribution in [3.8, 4) is 17.2 Å². The molecule has 1 heterocycles. The van der Waals surface area contributed by atoms with Gasteiger partial charge in [-0.25, -0.2) is 9.69 Å². The van der Waals surface area contributed by atoms with Gasteiger partial charge in [-0.05, 0) is 53.6 Å². The van der Waals surface area contributed by atoms with Gasteiger partial charge in [0.2, 0.25) is 0 Å². The number of phenols is 1. The quantitative estimate of drug-likeness (QED) is 0.404. The molecule has 4 rings (SSSR count). The minimum atomic E-state index is -0.869. The molecular weight excluding hydrogens is 460 g/mol. The second-order valence-electron chi connectivity index (χ2n) is 7.28. The van der Waals surface area contributed by atoms with Gasteiger partial charge < -0.3 is 14.6 Å². The summed E-state index contributed by atoms with van der Waals surface area (Å²) in [6.45, 7) is 0.364. The van der Waals surface area contributed by atoms with Crippen molar-refractivity contribution < 1.29 is 29.0 Å². The molecule has 0 bridgehead atoms. The molecule has 2 N–H and O–H groups in total. The molecule has 4 amide bonds. The molecule has 0 aromatic heterocycles. The zero-order valence-corrected chi connectivity index (χ0v) is 18.7. The number of imide groups is 2. The van der Waals surface area contributed by atoms with Crippen LogP contribution in [-0.4, -0.2) is 30.1 Å². The number of nitrogens with zero attached hydrogens (tertiary/aromatic N) is 1. The van der Waals surface area contributed by atoms with E-state index in [1.54, 1.807) is 24.3 Å². The molecule has 8 nitrogen and oxygen atoms in total. The van der Waals surface area contributed by atoms with Gasteiger partial charge in [0.15, 0.2) is 11.5 Å². The van der Waals surface area contributed by atoms with Gasteiger partial charge in [0.05, 0.1) is 17.8 Å². The van der Waals surface area contributed by atoms with E-state index in [0.29, 0.717) is 17.9 Å². The molecule has 0 aliphatic carbocycles. The summed E-state index contributed by atoms with van der Waals surface area (Å²) in [4.78, 5) is 38.8. The van der Waals surface area contributed by atoms with Crippen molar-refractivity contribution in [2.24, 2.45) is 0 Å². The van der Waals surface area contributed by atoms with Gasteiger partial charge in [0.1, 0.15) is 17.9 Å². The Morgan fingerprint density at radius 3 is 2.41 bits per heavy atom. The average molecular weight is 479 g/mol. The Morgan fingerprint density at radius 2 is 1.74 bits per heavy atom. The number of rotatable bonds is 6. The Bertz CT molecular complexity index is 1290. The second kappa shape index (κ2) is 9.68. The lowest BCUT2D eigenvalue weighted by atomic mass is 10.1. The van der Waals surface area contributed by atoms with E-state index in [-0.39, 0.29) is 27.8 Å². The molecule has 3 aromatic carbocycles. The average Bonchev–Trinajstić information content (AvgIpc) is 2.84. The Kier molecular flexibility index (Phi) is 6.51. The number of barbiturate groups is 1. The van der Waals surface area contributed by atoms with Crippen LogP contribution in [0.2, 0.25) is 5.02 Å². The van der Waals surface area contributed by atoms with Crippen LogP contribution in [0.3, 0.4) is 0 Å². The van der Waals surface area contributed by atoms with Crippen molar-refractivity contribution in [3.63, 3.8) is 0 Å². The summed E-state index contributed by atoms with van der Waals surface area (Å²) in [5.41, 5.74) is 1.30. The van der Waals surface area contributed by atoms with Crippen LogP contribution in [0.15, 0.2) is 72.3 Å². The lowest BCUT2D eigenvalue weighted by Crippen LogP contribution is -2.54. The first kappa shape index (κ1) is 22.9. The molecule has 1 aliphatic rings. The Labute approximate surface area is 200 Å². The predicted octanol–water partition coefficient (Wildman–Crippen LogP) is 4.30. The number of benzene rings is 3. The number of hydrogen-bond donors (Lipinski definition) is 2. The van der Waals surface area contributed by atoms with E-state index in [0.717, 1.165) is 10.5 Å². The third-order valence-corrected chi connectivity index (χ3v) is 5.31. The topological polar surface area (TPSA) is 105 Å². The van der Waals surface area contributed by atoms with Gasteiger partial charge in [-0.2, -0.15) is 0 Å². The molecule has 0 atom stereocenters. The fraction of sp³-hybridized carbons (Fsp3) is 0.0800. The molecular formula is C25H19ClN2O6. The fourth-order valence-electron chi connectivity index (χ4n) is 3.32. The molecule has 172 valence electrons. The number of aromatic hydroxyl groups is 1. The maximum atomic E-state index is 13.1. The third kappa shape index (κ3) is 4.72. The molecule has 1 saturated heterocycles. The number of ether oxygens (including phenoxy) is 2. The first-order valence-corrected chi connectivity index (χ1v) is 10.5. The van der Waals surface area contributed by atoms with Crippen LogP contribution in [0.4, 0.5) is 10.5 Å². The first-order valence-electron chi connectivity index (χ1n) is 10.1. The Balaban J connectivity index is 1.57. The van der Waals surface area contributed by atoms with E-state index in [1.165, 1.54) is 25.3 Å². The summed E-state index contributed by atoms with van der Waals surface area (Å²) in [6.07, 6.45) is 1.27. The largest absolute Gasteiger partial charge is 0.503 e. The summed E-state index contributed by atoms with van der Waals surface area (Å²) in [7, 11) is 1.34. The van der Waals surface area contributed by atoms with E-state index in [9.17, 15) is 19.5 Å². The zero-order valence-electron chi connectivity index (χ0n) is 17.9. The highest BCUT2D eigenvalue weighted by molar-refractivity contribution is 6.39. The highest BCUT2D eigenvalue weighted by Gasteiger charge is 2.36. The minimum Gasteiger partial charge on any atom is -0.503 e. The Hall–Kier alpha value is -4.30. The molecule has 9 heteroatoms. The lowest BCUT2D eigenvalue weighted by Gasteiger charge is -2.26. The maximum absolute atomic E-state index is 13.1. The van der Waals surface area contributed by atoms with Crippen molar-refractivity contribution in [3.05, 3.63) is 88.5 Å². The molecule has 3 aromatic rings. The van der Waals surface area contributed by atoms with Crippen molar-refractivity contribution in [1.29, 1.82) is 0 Å². The van der Waals surface area contributed by atoms with Crippen molar-refractivity contribution in [2.45, 2.75) is 6.61 Å². The number of methoxy groups -OCH3 is 1. The SMILES string of the molecule is COc1cc(/C=C2\C(=O)NC(=O)N(c3ccc(OCc4ccccc4)cc3)C2=O)cc(Cl)c1O. The molecule has 1 aliphatic heterocycles. The molecule has 34 heavy (non-hydrogen) atoms. The number of halogens is 1. The van der Waals surface area contributed by atoms with Gasteiger partial charge in [0, 0.05) is 0 Å². The van der Waals surface area contributed by atoms with Crippen molar-refractivity contribution in [1.82, 2.24) is 5.32 Å². The number of carbonyl (C=O) groups is 3. The number of anilines is 1. The summed E-state index contributed by atoms with van der Waals surface area (Å²) in [6, 6.07) is 17.9. The van der Waals surface area contributed by atoms with E-state index in [1.807, 2.05) is 30.3 Å². The van der Waals surface area contributed by atoms with Crippen LogP contribution < -0.4 is 19.7 Å². The maximum Gasteiger partial charge on any atom is 0.335 e. The van der Waals surface area contributed by atoms with E-state index in [4.69, 9.17) is 21.1 Å². The number of amides is 4. The normalized spacial score (nSPS) is 14.8. The van der Waals surface area contributed by atoms with E-state index >= 15 is 0 Å². The van der Waals surface area contributed by atoms with Gasteiger partial charge in [-0.1, -0.05) is 41.9 Å². The lowest BCUT2D eigenvalue weighted by molar-refractivity contribution is -0.122. The van der Waals surface area contributed by atoms with Gasteiger partial charge in [-0.3, -0.25) is 14.9 Å². The summed E-state index contributed by atoms with van der Waals surface area (Å²) in [5.74, 6) is -1.30. The number of hydrogen-bond acceptors (Lipinski definition) is 6. The van der Waals surface area contributed by atoms with Crippen molar-refractivity contribution in [2.75, 3.05) is 12.0 Å². The number of carbonyl (C=O) groups excluding carboxylic acids is 3. The van der Waals surface area contributed by atoms with Crippen LogP contribution >= 0.6 is 11.6 Å². The van der Waals surface area contributed by atoms with E-state index in [2.05, 4.69) is 5.32 Å².